The van der Waals surface area contributed by atoms with Crippen molar-refractivity contribution < 1.29 is 0 Å². The number of nitrogens with zero attached hydrogens (tertiary/aromatic N) is 1. The Balaban J connectivity index is 1.79. The van der Waals surface area contributed by atoms with Crippen molar-refractivity contribution >= 4 is 0 Å². The van der Waals surface area contributed by atoms with Crippen molar-refractivity contribution in [2.75, 3.05) is 0 Å². The summed E-state index contributed by atoms with van der Waals surface area (Å²) in [6.45, 7) is 1.96. The molecule has 2 aromatic rings. The third-order valence-electron chi connectivity index (χ3n) is 4.96. The van der Waals surface area contributed by atoms with Crippen LogP contribution in [0.3, 0.4) is 0 Å². The summed E-state index contributed by atoms with van der Waals surface area (Å²) in [5, 5.41) is 0. The van der Waals surface area contributed by atoms with Gasteiger partial charge < -0.3 is 5.73 Å². The van der Waals surface area contributed by atoms with E-state index < -0.39 is 0 Å². The topological polar surface area (TPSA) is 29.3 Å². The lowest BCUT2D eigenvalue weighted by Crippen LogP contribution is -2.46. The van der Waals surface area contributed by atoms with Crippen LogP contribution >= 0.6 is 0 Å². The molecule has 0 amide bonds. The second kappa shape index (κ2) is 8.28. The van der Waals surface area contributed by atoms with Gasteiger partial charge in [-0.3, -0.25) is 4.90 Å². The maximum Gasteiger partial charge on any atom is 0.0254 e. The Kier molecular flexibility index (Phi) is 5.84. The minimum absolute atomic E-state index is 0.296. The Morgan fingerprint density at radius 3 is 1.83 bits per heavy atom. The average Bonchev–Trinajstić information content (AvgIpc) is 2.81. The van der Waals surface area contributed by atoms with E-state index >= 15 is 0 Å². The van der Waals surface area contributed by atoms with E-state index in [-0.39, 0.29) is 0 Å². The van der Waals surface area contributed by atoms with Crippen LogP contribution in [-0.4, -0.2) is 17.0 Å². The Bertz CT molecular complexity index is 525. The summed E-state index contributed by atoms with van der Waals surface area (Å²) in [6, 6.07) is 22.4. The molecule has 2 unspecified atom stereocenters. The van der Waals surface area contributed by atoms with E-state index in [4.69, 9.17) is 5.73 Å². The molecule has 122 valence electrons. The zero-order valence-electron chi connectivity index (χ0n) is 13.9. The lowest BCUT2D eigenvalue weighted by Gasteiger charge is -2.35. The third-order valence-corrected chi connectivity index (χ3v) is 4.96. The molecule has 0 saturated heterocycles. The van der Waals surface area contributed by atoms with Gasteiger partial charge in [-0.05, 0) is 24.0 Å². The molecule has 2 heteroatoms. The summed E-state index contributed by atoms with van der Waals surface area (Å²) in [5.74, 6) is 0. The molecule has 2 nitrogen and oxygen atoms in total. The fourth-order valence-corrected chi connectivity index (χ4v) is 3.70. The quantitative estimate of drug-likeness (QED) is 0.832. The van der Waals surface area contributed by atoms with Gasteiger partial charge in [0.1, 0.15) is 0 Å². The van der Waals surface area contributed by atoms with Gasteiger partial charge in [-0.25, -0.2) is 0 Å². The molecule has 2 N–H and O–H groups in total. The highest BCUT2D eigenvalue weighted by atomic mass is 15.2. The Labute approximate surface area is 140 Å². The van der Waals surface area contributed by atoms with Crippen LogP contribution in [0.5, 0.6) is 0 Å². The fourth-order valence-electron chi connectivity index (χ4n) is 3.70. The SMILES string of the molecule is NC1CCCCCC1N(Cc1ccccc1)Cc1ccccc1. The average molecular weight is 308 g/mol. The molecular weight excluding hydrogens is 280 g/mol. The molecule has 1 aliphatic carbocycles. The molecule has 0 heterocycles. The van der Waals surface area contributed by atoms with E-state index in [2.05, 4.69) is 65.6 Å². The molecule has 0 spiro atoms. The lowest BCUT2D eigenvalue weighted by atomic mass is 10.00. The van der Waals surface area contributed by atoms with E-state index in [1.54, 1.807) is 0 Å². The summed E-state index contributed by atoms with van der Waals surface area (Å²) in [5.41, 5.74) is 9.30. The number of hydrogen-bond donors (Lipinski definition) is 1. The molecular formula is C21H28N2. The van der Waals surface area contributed by atoms with Gasteiger partial charge in [-0.15, -0.1) is 0 Å². The minimum Gasteiger partial charge on any atom is -0.326 e. The van der Waals surface area contributed by atoms with E-state index in [0.717, 1.165) is 19.5 Å². The van der Waals surface area contributed by atoms with Gasteiger partial charge in [0.2, 0.25) is 0 Å². The summed E-state index contributed by atoms with van der Waals surface area (Å²) >= 11 is 0. The molecule has 0 radical (unpaired) electrons. The summed E-state index contributed by atoms with van der Waals surface area (Å²) < 4.78 is 0. The van der Waals surface area contributed by atoms with Crippen LogP contribution < -0.4 is 5.73 Å². The molecule has 1 fully saturated rings. The standard InChI is InChI=1S/C21H28N2/c22-20-14-8-3-9-15-21(20)23(16-18-10-4-1-5-11-18)17-19-12-6-2-7-13-19/h1-2,4-7,10-13,20-21H,3,8-9,14-17,22H2. The first kappa shape index (κ1) is 16.2. The van der Waals surface area contributed by atoms with Gasteiger partial charge in [0, 0.05) is 25.2 Å². The summed E-state index contributed by atoms with van der Waals surface area (Å²) in [4.78, 5) is 2.60. The van der Waals surface area contributed by atoms with Crippen LogP contribution in [0.25, 0.3) is 0 Å². The second-order valence-corrected chi connectivity index (χ2v) is 6.75. The lowest BCUT2D eigenvalue weighted by molar-refractivity contribution is 0.145. The summed E-state index contributed by atoms with van der Waals surface area (Å²) in [6.07, 6.45) is 6.29. The van der Waals surface area contributed by atoms with Gasteiger partial charge in [0.25, 0.3) is 0 Å². The van der Waals surface area contributed by atoms with Gasteiger partial charge in [0.05, 0.1) is 0 Å². The van der Waals surface area contributed by atoms with Crippen LogP contribution in [0.15, 0.2) is 60.7 Å². The largest absolute Gasteiger partial charge is 0.326 e. The van der Waals surface area contributed by atoms with Crippen LogP contribution in [0, 0.1) is 0 Å². The van der Waals surface area contributed by atoms with Crippen LogP contribution in [0.1, 0.15) is 43.2 Å². The molecule has 2 aromatic carbocycles. The predicted octanol–water partition coefficient (Wildman–Crippen LogP) is 4.35. The first-order valence-electron chi connectivity index (χ1n) is 8.90. The second-order valence-electron chi connectivity index (χ2n) is 6.75. The molecule has 2 atom stereocenters. The smallest absolute Gasteiger partial charge is 0.0254 e. The van der Waals surface area contributed by atoms with Gasteiger partial charge in [0.15, 0.2) is 0 Å². The molecule has 1 aliphatic rings. The van der Waals surface area contributed by atoms with Crippen molar-refractivity contribution in [1.29, 1.82) is 0 Å². The van der Waals surface area contributed by atoms with Crippen LogP contribution in [0.4, 0.5) is 0 Å². The van der Waals surface area contributed by atoms with Crippen molar-refractivity contribution in [1.82, 2.24) is 4.90 Å². The normalized spacial score (nSPS) is 22.0. The third kappa shape index (κ3) is 4.66. The van der Waals surface area contributed by atoms with E-state index in [0.29, 0.717) is 12.1 Å². The first-order chi connectivity index (χ1) is 11.3. The zero-order valence-corrected chi connectivity index (χ0v) is 13.9. The number of rotatable bonds is 5. The minimum atomic E-state index is 0.296. The Morgan fingerprint density at radius 1 is 0.739 bits per heavy atom. The first-order valence-corrected chi connectivity index (χ1v) is 8.90. The van der Waals surface area contributed by atoms with Gasteiger partial charge in [-0.2, -0.15) is 0 Å². The van der Waals surface area contributed by atoms with Gasteiger partial charge in [-0.1, -0.05) is 79.9 Å². The number of benzene rings is 2. The van der Waals surface area contributed by atoms with Crippen molar-refractivity contribution in [3.05, 3.63) is 71.8 Å². The highest BCUT2D eigenvalue weighted by Crippen LogP contribution is 2.24. The molecule has 3 rings (SSSR count). The van der Waals surface area contributed by atoms with E-state index in [1.165, 1.54) is 36.8 Å². The van der Waals surface area contributed by atoms with Crippen molar-refractivity contribution in [3.8, 4) is 0 Å². The highest BCUT2D eigenvalue weighted by Gasteiger charge is 2.26. The van der Waals surface area contributed by atoms with E-state index in [1.807, 2.05) is 0 Å². The number of hydrogen-bond acceptors (Lipinski definition) is 2. The molecule has 1 saturated carbocycles. The molecule has 0 bridgehead atoms. The Hall–Kier alpha value is -1.64. The molecule has 0 aliphatic heterocycles. The van der Waals surface area contributed by atoms with Crippen molar-refractivity contribution in [3.63, 3.8) is 0 Å². The van der Waals surface area contributed by atoms with Crippen LogP contribution in [0.2, 0.25) is 0 Å². The zero-order chi connectivity index (χ0) is 15.9. The summed E-state index contributed by atoms with van der Waals surface area (Å²) in [7, 11) is 0. The van der Waals surface area contributed by atoms with Gasteiger partial charge >= 0.3 is 0 Å². The molecule has 23 heavy (non-hydrogen) atoms. The maximum absolute atomic E-state index is 6.55. The van der Waals surface area contributed by atoms with Crippen molar-refractivity contribution in [2.45, 2.75) is 57.3 Å². The van der Waals surface area contributed by atoms with Crippen LogP contribution in [-0.2, 0) is 13.1 Å². The highest BCUT2D eigenvalue weighted by molar-refractivity contribution is 5.17. The fraction of sp³-hybridized carbons (Fsp3) is 0.429. The number of nitrogens with two attached hydrogens (primary N) is 1. The maximum atomic E-state index is 6.55. The molecule has 0 aromatic heterocycles. The predicted molar refractivity (Wildman–Crippen MR) is 97.0 cm³/mol. The van der Waals surface area contributed by atoms with Crippen molar-refractivity contribution in [2.24, 2.45) is 5.73 Å². The van der Waals surface area contributed by atoms with E-state index in [9.17, 15) is 0 Å². The Morgan fingerprint density at radius 2 is 1.26 bits per heavy atom. The monoisotopic (exact) mass is 308 g/mol.